The van der Waals surface area contributed by atoms with Crippen molar-refractivity contribution < 1.29 is 9.63 Å². The van der Waals surface area contributed by atoms with Crippen LogP contribution in [0.5, 0.6) is 0 Å². The lowest BCUT2D eigenvalue weighted by Gasteiger charge is -2.37. The molecule has 1 aromatic carbocycles. The first-order valence-corrected chi connectivity index (χ1v) is 9.12. The zero-order valence-corrected chi connectivity index (χ0v) is 15.2. The van der Waals surface area contributed by atoms with Crippen LogP contribution in [-0.4, -0.2) is 63.9 Å². The van der Waals surface area contributed by atoms with E-state index in [-0.39, 0.29) is 12.6 Å². The minimum Gasteiger partial charge on any atom is -0.395 e. The maximum Gasteiger partial charge on any atom is 0.231 e. The van der Waals surface area contributed by atoms with Crippen molar-refractivity contribution in [3.05, 3.63) is 47.1 Å². The highest BCUT2D eigenvalue weighted by Gasteiger charge is 2.23. The molecule has 3 rings (SSSR count). The molecule has 0 spiro atoms. The van der Waals surface area contributed by atoms with Crippen molar-refractivity contribution in [2.75, 3.05) is 32.8 Å². The minimum atomic E-state index is 0.240. The molecule has 0 aliphatic carbocycles. The summed E-state index contributed by atoms with van der Waals surface area (Å²) in [5.41, 5.74) is 2.47. The number of benzene rings is 1. The van der Waals surface area contributed by atoms with Crippen molar-refractivity contribution in [1.82, 2.24) is 19.9 Å². The van der Waals surface area contributed by atoms with Gasteiger partial charge in [-0.2, -0.15) is 4.98 Å². The van der Waals surface area contributed by atoms with Crippen molar-refractivity contribution in [2.24, 2.45) is 0 Å². The van der Waals surface area contributed by atoms with E-state index in [0.29, 0.717) is 12.3 Å². The summed E-state index contributed by atoms with van der Waals surface area (Å²) < 4.78 is 5.43. The van der Waals surface area contributed by atoms with E-state index >= 15 is 0 Å². The third-order valence-corrected chi connectivity index (χ3v) is 5.08. The van der Waals surface area contributed by atoms with Gasteiger partial charge in [0.25, 0.3) is 0 Å². The van der Waals surface area contributed by atoms with Crippen LogP contribution in [-0.2, 0) is 13.0 Å². The number of hydrogen-bond acceptors (Lipinski definition) is 6. The Morgan fingerprint density at radius 3 is 2.64 bits per heavy atom. The second-order valence-corrected chi connectivity index (χ2v) is 6.76. The third-order valence-electron chi connectivity index (χ3n) is 5.08. The predicted molar refractivity (Wildman–Crippen MR) is 96.3 cm³/mol. The van der Waals surface area contributed by atoms with Gasteiger partial charge in [0.15, 0.2) is 5.82 Å². The molecule has 1 N–H and O–H groups in total. The van der Waals surface area contributed by atoms with E-state index in [2.05, 4.69) is 45.9 Å². The van der Waals surface area contributed by atoms with Gasteiger partial charge in [-0.1, -0.05) is 36.3 Å². The lowest BCUT2D eigenvalue weighted by atomic mass is 10.1. The van der Waals surface area contributed by atoms with Gasteiger partial charge in [-0.25, -0.2) is 0 Å². The van der Waals surface area contributed by atoms with Crippen LogP contribution in [0.4, 0.5) is 0 Å². The summed E-state index contributed by atoms with van der Waals surface area (Å²) in [7, 11) is 0. The number of aliphatic hydroxyl groups is 1. The molecule has 1 aromatic heterocycles. The van der Waals surface area contributed by atoms with Gasteiger partial charge in [0.05, 0.1) is 19.6 Å². The van der Waals surface area contributed by atoms with Crippen LogP contribution in [0.2, 0.25) is 0 Å². The molecule has 1 aliphatic rings. The fourth-order valence-corrected chi connectivity index (χ4v) is 3.39. The van der Waals surface area contributed by atoms with Crippen molar-refractivity contribution >= 4 is 0 Å². The van der Waals surface area contributed by atoms with Gasteiger partial charge in [0, 0.05) is 32.2 Å². The first kappa shape index (κ1) is 18.0. The van der Waals surface area contributed by atoms with Gasteiger partial charge in [-0.05, 0) is 24.5 Å². The fraction of sp³-hybridized carbons (Fsp3) is 0.579. The van der Waals surface area contributed by atoms with E-state index < -0.39 is 0 Å². The molecular weight excluding hydrogens is 316 g/mol. The van der Waals surface area contributed by atoms with Crippen molar-refractivity contribution in [2.45, 2.75) is 39.3 Å². The Hall–Kier alpha value is -1.76. The average molecular weight is 344 g/mol. The third kappa shape index (κ3) is 4.66. The molecule has 0 saturated carbocycles. The molecule has 6 nitrogen and oxygen atoms in total. The standard InChI is InChI=1S/C19H28N4O2/c1-3-17(14-24)23-10-8-22(9-11-23)13-18-20-19(25-21-18)12-16-7-5-4-6-15(16)2/h4-7,17,24H,3,8-14H2,1-2H3. The molecular formula is C19H28N4O2. The van der Waals surface area contributed by atoms with Crippen LogP contribution in [0, 0.1) is 6.92 Å². The predicted octanol–water partition coefficient (Wildman–Crippen LogP) is 1.86. The number of nitrogens with zero attached hydrogens (tertiary/aromatic N) is 4. The SMILES string of the molecule is CCC(CO)N1CCN(Cc2noc(Cc3ccccc3C)n2)CC1. The van der Waals surface area contributed by atoms with Gasteiger partial charge < -0.3 is 9.63 Å². The van der Waals surface area contributed by atoms with E-state index in [9.17, 15) is 5.11 Å². The van der Waals surface area contributed by atoms with Crippen LogP contribution >= 0.6 is 0 Å². The minimum absolute atomic E-state index is 0.240. The molecule has 1 fully saturated rings. The quantitative estimate of drug-likeness (QED) is 0.827. The lowest BCUT2D eigenvalue weighted by molar-refractivity contribution is 0.0596. The molecule has 0 radical (unpaired) electrons. The van der Waals surface area contributed by atoms with Gasteiger partial charge in [-0.15, -0.1) is 0 Å². The highest BCUT2D eigenvalue weighted by atomic mass is 16.5. The first-order valence-electron chi connectivity index (χ1n) is 9.12. The summed E-state index contributed by atoms with van der Waals surface area (Å²) in [5.74, 6) is 1.43. The zero-order chi connectivity index (χ0) is 17.6. The van der Waals surface area contributed by atoms with Gasteiger partial charge in [-0.3, -0.25) is 9.80 Å². The first-order chi connectivity index (χ1) is 12.2. The molecule has 1 atom stereocenters. The normalized spacial score (nSPS) is 17.7. The molecule has 1 aliphatic heterocycles. The van der Waals surface area contributed by atoms with E-state index in [1.54, 1.807) is 0 Å². The Morgan fingerprint density at radius 1 is 1.20 bits per heavy atom. The van der Waals surface area contributed by atoms with Crippen LogP contribution < -0.4 is 0 Å². The second kappa shape index (κ2) is 8.56. The Labute approximate surface area is 149 Å². The molecule has 1 saturated heterocycles. The Bertz CT molecular complexity index is 661. The summed E-state index contributed by atoms with van der Waals surface area (Å²) >= 11 is 0. The zero-order valence-electron chi connectivity index (χ0n) is 15.2. The van der Waals surface area contributed by atoms with Gasteiger partial charge in [0.1, 0.15) is 0 Å². The number of rotatable bonds is 7. The molecule has 136 valence electrons. The Morgan fingerprint density at radius 2 is 1.96 bits per heavy atom. The molecule has 0 bridgehead atoms. The smallest absolute Gasteiger partial charge is 0.231 e. The number of piperazine rings is 1. The van der Waals surface area contributed by atoms with E-state index in [0.717, 1.165) is 45.0 Å². The van der Waals surface area contributed by atoms with Crippen molar-refractivity contribution in [1.29, 1.82) is 0 Å². The molecule has 0 amide bonds. The monoisotopic (exact) mass is 344 g/mol. The Balaban J connectivity index is 1.52. The number of aryl methyl sites for hydroxylation is 1. The number of aliphatic hydroxyl groups excluding tert-OH is 1. The maximum atomic E-state index is 9.44. The van der Waals surface area contributed by atoms with Crippen molar-refractivity contribution in [3.63, 3.8) is 0 Å². The topological polar surface area (TPSA) is 65.6 Å². The summed E-state index contributed by atoms with van der Waals surface area (Å²) in [6.45, 7) is 9.09. The summed E-state index contributed by atoms with van der Waals surface area (Å²) in [6.07, 6.45) is 1.67. The Kier molecular flexibility index (Phi) is 6.18. The van der Waals surface area contributed by atoms with Crippen LogP contribution in [0.15, 0.2) is 28.8 Å². The number of hydrogen-bond donors (Lipinski definition) is 1. The van der Waals surface area contributed by atoms with E-state index in [1.165, 1.54) is 11.1 Å². The fourth-order valence-electron chi connectivity index (χ4n) is 3.39. The molecule has 25 heavy (non-hydrogen) atoms. The van der Waals surface area contributed by atoms with Crippen LogP contribution in [0.25, 0.3) is 0 Å². The summed E-state index contributed by atoms with van der Waals surface area (Å²) in [6, 6.07) is 8.56. The maximum absolute atomic E-state index is 9.44. The van der Waals surface area contributed by atoms with Crippen LogP contribution in [0.1, 0.15) is 36.2 Å². The summed E-state index contributed by atoms with van der Waals surface area (Å²) in [4.78, 5) is 9.28. The molecule has 6 heteroatoms. The molecule has 2 heterocycles. The largest absolute Gasteiger partial charge is 0.395 e. The lowest BCUT2D eigenvalue weighted by Crippen LogP contribution is -2.50. The highest BCUT2D eigenvalue weighted by molar-refractivity contribution is 5.27. The highest BCUT2D eigenvalue weighted by Crippen LogP contribution is 2.14. The van der Waals surface area contributed by atoms with Crippen LogP contribution in [0.3, 0.4) is 0 Å². The molecule has 1 unspecified atom stereocenters. The average Bonchev–Trinajstić information content (AvgIpc) is 3.06. The van der Waals surface area contributed by atoms with Crippen molar-refractivity contribution in [3.8, 4) is 0 Å². The van der Waals surface area contributed by atoms with Gasteiger partial charge in [0.2, 0.25) is 5.89 Å². The second-order valence-electron chi connectivity index (χ2n) is 6.76. The van der Waals surface area contributed by atoms with E-state index in [1.807, 2.05) is 12.1 Å². The molecule has 2 aromatic rings. The summed E-state index contributed by atoms with van der Waals surface area (Å²) in [5, 5.41) is 13.6. The van der Waals surface area contributed by atoms with Gasteiger partial charge >= 0.3 is 0 Å². The van der Waals surface area contributed by atoms with E-state index in [4.69, 9.17) is 4.52 Å². The number of aromatic nitrogens is 2.